The lowest BCUT2D eigenvalue weighted by Crippen LogP contribution is -2.44. The van der Waals surface area contributed by atoms with Crippen molar-refractivity contribution in [1.29, 1.82) is 0 Å². The maximum absolute atomic E-state index is 11.9. The quantitative estimate of drug-likeness (QED) is 0.0334. The van der Waals surface area contributed by atoms with E-state index in [4.69, 9.17) is 20.4 Å². The molecular weight excluding hydrogens is 1120 g/mol. The Balaban J connectivity index is -0.000000545. The van der Waals surface area contributed by atoms with E-state index < -0.39 is 23.9 Å². The van der Waals surface area contributed by atoms with Crippen LogP contribution in [0.25, 0.3) is 0 Å². The molecular formula is C74H150N4O11+4. The normalized spacial score (nSPS) is 11.6. The minimum Gasteiger partial charge on any atom is -0.477 e. The third-order valence-electron chi connectivity index (χ3n) is 17.0. The Kier molecular flexibility index (Phi) is 65.7. The zero-order chi connectivity index (χ0) is 67.9. The number of rotatable bonds is 62. The molecule has 0 rings (SSSR count). The number of likely N-dealkylation sites (N-methyl/N-ethyl adjacent to an activating group) is 4. The van der Waals surface area contributed by atoms with E-state index in [1.807, 2.05) is 56.4 Å². The number of quaternary nitrogens is 4. The second-order valence-electron chi connectivity index (χ2n) is 29.0. The van der Waals surface area contributed by atoms with E-state index in [1.54, 1.807) is 0 Å². The molecule has 0 aliphatic rings. The van der Waals surface area contributed by atoms with Gasteiger partial charge in [-0.25, -0.2) is 19.2 Å². The molecule has 0 radical (unpaired) electrons. The summed E-state index contributed by atoms with van der Waals surface area (Å²) in [5.41, 5.74) is 0. The molecule has 4 N–H and O–H groups in total. The Bertz CT molecular complexity index is 1700. The molecule has 0 bridgehead atoms. The van der Waals surface area contributed by atoms with Crippen LogP contribution in [0, 0.1) is 0 Å². The SMILES string of the molecule is CCCCCCCC(=O)CCCC[N+](C)(C)CC(=O)O.CCCCCCCCCCCC(=O)CCCC[N+](C)(C)CC(=O)O.CCCCCCCCCCCCCC(=O)CCCC[N+](C)(C)CC(=O)O.CCCCCCCCCCCC[N+](C)(C)CC(=O)O. The van der Waals surface area contributed by atoms with Gasteiger partial charge in [-0.05, 0) is 70.6 Å². The van der Waals surface area contributed by atoms with E-state index in [1.165, 1.54) is 199 Å². The minimum atomic E-state index is -0.766. The molecule has 15 nitrogen and oxygen atoms in total. The van der Waals surface area contributed by atoms with Crippen LogP contribution in [-0.4, -0.2) is 188 Å². The number of carbonyl (C=O) groups excluding carboxylic acids is 3. The summed E-state index contributed by atoms with van der Waals surface area (Å²) in [6, 6.07) is 0. The van der Waals surface area contributed by atoms with Gasteiger partial charge in [0.2, 0.25) is 0 Å². The molecule has 0 saturated heterocycles. The predicted molar refractivity (Wildman–Crippen MR) is 373 cm³/mol. The molecule has 89 heavy (non-hydrogen) atoms. The molecule has 0 aromatic heterocycles. The van der Waals surface area contributed by atoms with E-state index >= 15 is 0 Å². The van der Waals surface area contributed by atoms with Gasteiger partial charge in [0, 0.05) is 38.5 Å². The van der Waals surface area contributed by atoms with Gasteiger partial charge < -0.3 is 38.4 Å². The fourth-order valence-electron chi connectivity index (χ4n) is 11.3. The van der Waals surface area contributed by atoms with Crippen molar-refractivity contribution in [2.75, 3.05) is 109 Å². The van der Waals surface area contributed by atoms with Crippen molar-refractivity contribution in [1.82, 2.24) is 0 Å². The number of aliphatic carboxylic acids is 4. The molecule has 0 fully saturated rings. The maximum atomic E-state index is 11.9. The summed E-state index contributed by atoms with van der Waals surface area (Å²) in [7, 11) is 15.6. The molecule has 0 aromatic rings. The van der Waals surface area contributed by atoms with Gasteiger partial charge in [-0.15, -0.1) is 0 Å². The number of Topliss-reactive ketones (excluding diaryl/α,β-unsaturated/α-hetero) is 3. The summed E-state index contributed by atoms with van der Waals surface area (Å²) in [4.78, 5) is 78.3. The molecule has 0 aromatic carbocycles. The number of ketones is 3. The second-order valence-corrected chi connectivity index (χ2v) is 29.0. The minimum absolute atomic E-state index is 0.144. The van der Waals surface area contributed by atoms with Crippen molar-refractivity contribution in [2.24, 2.45) is 0 Å². The van der Waals surface area contributed by atoms with Crippen LogP contribution in [0.3, 0.4) is 0 Å². The third kappa shape index (κ3) is 80.8. The van der Waals surface area contributed by atoms with Crippen LogP contribution in [0.4, 0.5) is 0 Å². The molecule has 15 heteroatoms. The smallest absolute Gasteiger partial charge is 0.359 e. The summed E-state index contributed by atoms with van der Waals surface area (Å²) in [6.45, 7) is 13.0. The van der Waals surface area contributed by atoms with Gasteiger partial charge in [0.15, 0.2) is 26.2 Å². The van der Waals surface area contributed by atoms with Gasteiger partial charge in [-0.2, -0.15) is 0 Å². The highest BCUT2D eigenvalue weighted by Crippen LogP contribution is 2.17. The maximum Gasteiger partial charge on any atom is 0.359 e. The van der Waals surface area contributed by atoms with Crippen molar-refractivity contribution in [3.63, 3.8) is 0 Å². The van der Waals surface area contributed by atoms with Crippen LogP contribution < -0.4 is 0 Å². The molecule has 0 saturated carbocycles. The van der Waals surface area contributed by atoms with Crippen molar-refractivity contribution in [3.05, 3.63) is 0 Å². The molecule has 0 amide bonds. The largest absolute Gasteiger partial charge is 0.477 e. The first-order chi connectivity index (χ1) is 42.1. The van der Waals surface area contributed by atoms with Crippen LogP contribution in [0.5, 0.6) is 0 Å². The first-order valence-electron chi connectivity index (χ1n) is 36.8. The number of unbranched alkanes of at least 4 members (excludes halogenated alkanes) is 34. The second kappa shape index (κ2) is 63.5. The third-order valence-corrected chi connectivity index (χ3v) is 17.0. The average molecular weight is 1270 g/mol. The monoisotopic (exact) mass is 1270 g/mol. The molecule has 0 aliphatic carbocycles. The fourth-order valence-corrected chi connectivity index (χ4v) is 11.3. The Morgan fingerprint density at radius 3 is 0.483 bits per heavy atom. The Labute approximate surface area is 549 Å². The Morgan fingerprint density at radius 1 is 0.202 bits per heavy atom. The lowest BCUT2D eigenvalue weighted by Gasteiger charge is -2.27. The zero-order valence-electron chi connectivity index (χ0n) is 60.8. The van der Waals surface area contributed by atoms with Crippen LogP contribution in [0.2, 0.25) is 0 Å². The van der Waals surface area contributed by atoms with Gasteiger partial charge in [-0.1, -0.05) is 220 Å². The lowest BCUT2D eigenvalue weighted by molar-refractivity contribution is -0.883. The van der Waals surface area contributed by atoms with Crippen LogP contribution in [0.15, 0.2) is 0 Å². The van der Waals surface area contributed by atoms with Crippen molar-refractivity contribution >= 4 is 41.2 Å². The van der Waals surface area contributed by atoms with Gasteiger partial charge >= 0.3 is 23.9 Å². The molecule has 0 aliphatic heterocycles. The first kappa shape index (κ1) is 92.1. The highest BCUT2D eigenvalue weighted by atomic mass is 16.4. The van der Waals surface area contributed by atoms with E-state index in [2.05, 4.69) is 27.7 Å². The highest BCUT2D eigenvalue weighted by molar-refractivity contribution is 5.79. The van der Waals surface area contributed by atoms with Crippen LogP contribution >= 0.6 is 0 Å². The Morgan fingerprint density at radius 2 is 0.326 bits per heavy atom. The molecule has 0 atom stereocenters. The van der Waals surface area contributed by atoms with E-state index in [-0.39, 0.29) is 26.2 Å². The summed E-state index contributed by atoms with van der Waals surface area (Å²) in [5.74, 6) is -1.87. The number of nitrogens with zero attached hydrogens (tertiary/aromatic N) is 4. The fraction of sp³-hybridized carbons (Fsp3) is 0.905. The summed E-state index contributed by atoms with van der Waals surface area (Å²) >= 11 is 0. The van der Waals surface area contributed by atoms with Gasteiger partial charge in [-0.3, -0.25) is 14.4 Å². The number of carboxylic acid groups (broad SMARTS) is 4. The summed E-state index contributed by atoms with van der Waals surface area (Å²) < 4.78 is 2.07. The zero-order valence-corrected chi connectivity index (χ0v) is 60.8. The molecule has 0 unspecified atom stereocenters. The van der Waals surface area contributed by atoms with E-state index in [9.17, 15) is 33.6 Å². The van der Waals surface area contributed by atoms with Crippen molar-refractivity contribution in [2.45, 2.75) is 329 Å². The summed E-state index contributed by atoms with van der Waals surface area (Å²) in [5, 5.41) is 35.3. The molecule has 0 spiro atoms. The predicted octanol–water partition coefficient (Wildman–Crippen LogP) is 17.7. The van der Waals surface area contributed by atoms with E-state index in [0.29, 0.717) is 54.5 Å². The summed E-state index contributed by atoms with van der Waals surface area (Å²) in [6.07, 6.45) is 54.8. The molecule has 528 valence electrons. The van der Waals surface area contributed by atoms with Gasteiger partial charge in [0.05, 0.1) is 82.6 Å². The number of hydrogen-bond donors (Lipinski definition) is 4. The van der Waals surface area contributed by atoms with Crippen LogP contribution in [-0.2, 0) is 33.6 Å². The van der Waals surface area contributed by atoms with Crippen LogP contribution in [0.1, 0.15) is 329 Å². The average Bonchev–Trinajstić information content (AvgIpc) is 3.65. The number of hydrogen-bond acceptors (Lipinski definition) is 7. The molecule has 0 heterocycles. The topological polar surface area (TPSA) is 200 Å². The standard InChI is InChI=1S/C22H43NO3.C20H39NO3.C16H31NO3.C16H33NO2/c1-4-5-6-7-8-9-10-11-12-13-14-17-21(24)18-15-16-19-23(2,3)20-22(25)26;1-4-5-6-7-8-9-10-11-12-15-19(22)16-13-14-17-21(2,3)18-20(23)24;1-4-5-6-7-8-11-15(18)12-9-10-13-17(2,3)14-16(19)20;1-4-5-6-7-8-9-10-11-12-13-14-17(2,3)15-16(18)19/h4-20H2,1-3H3;4-18H2,1-3H3;4-14H2,1-3H3;4-15H2,1-3H3/p+4. The number of carboxylic acids is 4. The van der Waals surface area contributed by atoms with E-state index in [0.717, 1.165) is 110 Å². The van der Waals surface area contributed by atoms with Gasteiger partial charge in [0.25, 0.3) is 0 Å². The highest BCUT2D eigenvalue weighted by Gasteiger charge is 2.22. The van der Waals surface area contributed by atoms with Crippen molar-refractivity contribution < 1.29 is 71.9 Å². The Hall–Kier alpha value is -3.27. The first-order valence-corrected chi connectivity index (χ1v) is 36.8. The van der Waals surface area contributed by atoms with Crippen molar-refractivity contribution in [3.8, 4) is 0 Å². The van der Waals surface area contributed by atoms with Gasteiger partial charge in [0.1, 0.15) is 17.3 Å². The lowest BCUT2D eigenvalue weighted by atomic mass is 10.0. The number of carbonyl (C=O) groups is 7.